The Balaban J connectivity index is 1.67. The summed E-state index contributed by atoms with van der Waals surface area (Å²) in [6.45, 7) is 5.35. The van der Waals surface area contributed by atoms with Gasteiger partial charge in [0.25, 0.3) is 0 Å². The molecule has 1 unspecified atom stereocenters. The van der Waals surface area contributed by atoms with Crippen LogP contribution in [0, 0.1) is 12.8 Å². The minimum atomic E-state index is 0.844. The fourth-order valence-corrected chi connectivity index (χ4v) is 2.33. The van der Waals surface area contributed by atoms with Gasteiger partial charge < -0.3 is 10.6 Å². The second kappa shape index (κ2) is 4.70. The first kappa shape index (κ1) is 9.86. The van der Waals surface area contributed by atoms with Crippen molar-refractivity contribution in [2.24, 2.45) is 5.92 Å². The van der Waals surface area contributed by atoms with E-state index in [-0.39, 0.29) is 0 Å². The highest BCUT2D eigenvalue weighted by molar-refractivity contribution is 7.15. The van der Waals surface area contributed by atoms with Crippen molar-refractivity contribution in [3.8, 4) is 0 Å². The van der Waals surface area contributed by atoms with Crippen LogP contribution < -0.4 is 10.6 Å². The maximum absolute atomic E-state index is 4.02. The van der Waals surface area contributed by atoms with E-state index in [4.69, 9.17) is 0 Å². The van der Waals surface area contributed by atoms with Gasteiger partial charge in [-0.1, -0.05) is 11.3 Å². The molecular formula is C9H16N4S. The Labute approximate surface area is 88.1 Å². The molecule has 0 spiro atoms. The van der Waals surface area contributed by atoms with Crippen LogP contribution in [0.25, 0.3) is 0 Å². The molecule has 4 nitrogen and oxygen atoms in total. The number of nitrogens with one attached hydrogen (secondary N) is 2. The molecule has 0 bridgehead atoms. The van der Waals surface area contributed by atoms with E-state index in [9.17, 15) is 0 Å². The third-order valence-electron chi connectivity index (χ3n) is 2.52. The van der Waals surface area contributed by atoms with E-state index in [0.717, 1.165) is 22.6 Å². The number of anilines is 1. The lowest BCUT2D eigenvalue weighted by molar-refractivity contribution is 0.549. The summed E-state index contributed by atoms with van der Waals surface area (Å²) in [5.41, 5.74) is 0. The maximum atomic E-state index is 4.02. The van der Waals surface area contributed by atoms with Crippen LogP contribution in [0.3, 0.4) is 0 Å². The number of aromatic nitrogens is 2. The van der Waals surface area contributed by atoms with Crippen molar-refractivity contribution in [2.45, 2.75) is 19.8 Å². The standard InChI is InChI=1S/C9H16N4S/c1-7-12-13-9(14-7)11-5-3-8-2-4-10-6-8/h8,10H,2-6H2,1H3,(H,11,13). The van der Waals surface area contributed by atoms with Crippen LogP contribution in [-0.4, -0.2) is 29.8 Å². The highest BCUT2D eigenvalue weighted by Crippen LogP contribution is 2.15. The lowest BCUT2D eigenvalue weighted by atomic mass is 10.1. The molecule has 1 aromatic rings. The van der Waals surface area contributed by atoms with Crippen LogP contribution >= 0.6 is 11.3 Å². The second-order valence-corrected chi connectivity index (χ2v) is 4.88. The summed E-state index contributed by atoms with van der Waals surface area (Å²) in [5.74, 6) is 0.844. The van der Waals surface area contributed by atoms with E-state index in [1.807, 2.05) is 6.92 Å². The van der Waals surface area contributed by atoms with E-state index in [2.05, 4.69) is 20.8 Å². The van der Waals surface area contributed by atoms with Gasteiger partial charge in [-0.3, -0.25) is 0 Å². The van der Waals surface area contributed by atoms with Crippen LogP contribution in [-0.2, 0) is 0 Å². The monoisotopic (exact) mass is 212 g/mol. The van der Waals surface area contributed by atoms with Gasteiger partial charge in [0, 0.05) is 6.54 Å². The molecule has 0 aromatic carbocycles. The first-order valence-electron chi connectivity index (χ1n) is 5.09. The van der Waals surface area contributed by atoms with Crippen molar-refractivity contribution in [1.29, 1.82) is 0 Å². The zero-order chi connectivity index (χ0) is 9.80. The molecule has 0 saturated carbocycles. The molecule has 1 atom stereocenters. The molecule has 1 aliphatic heterocycles. The molecule has 0 aliphatic carbocycles. The number of nitrogens with zero attached hydrogens (tertiary/aromatic N) is 2. The van der Waals surface area contributed by atoms with Crippen molar-refractivity contribution in [3.05, 3.63) is 5.01 Å². The summed E-state index contributed by atoms with van der Waals surface area (Å²) >= 11 is 1.62. The van der Waals surface area contributed by atoms with Crippen LogP contribution in [0.4, 0.5) is 5.13 Å². The van der Waals surface area contributed by atoms with E-state index in [1.54, 1.807) is 11.3 Å². The normalized spacial score (nSPS) is 21.4. The van der Waals surface area contributed by atoms with E-state index < -0.39 is 0 Å². The Hall–Kier alpha value is -0.680. The Morgan fingerprint density at radius 1 is 1.57 bits per heavy atom. The summed E-state index contributed by atoms with van der Waals surface area (Å²) in [4.78, 5) is 0. The van der Waals surface area contributed by atoms with Gasteiger partial charge in [-0.05, 0) is 38.8 Å². The number of rotatable bonds is 4. The Bertz CT molecular complexity index is 280. The molecule has 2 N–H and O–H groups in total. The Morgan fingerprint density at radius 3 is 3.14 bits per heavy atom. The van der Waals surface area contributed by atoms with Gasteiger partial charge in [0.2, 0.25) is 5.13 Å². The first-order chi connectivity index (χ1) is 6.84. The highest BCUT2D eigenvalue weighted by Gasteiger charge is 2.13. The quantitative estimate of drug-likeness (QED) is 0.789. The molecule has 0 radical (unpaired) electrons. The topological polar surface area (TPSA) is 49.8 Å². The van der Waals surface area contributed by atoms with E-state index in [1.165, 1.54) is 25.9 Å². The van der Waals surface area contributed by atoms with Gasteiger partial charge >= 0.3 is 0 Å². The SMILES string of the molecule is Cc1nnc(NCCC2CCNC2)s1. The summed E-state index contributed by atoms with van der Waals surface area (Å²) in [6.07, 6.45) is 2.54. The molecule has 5 heteroatoms. The van der Waals surface area contributed by atoms with Gasteiger partial charge in [-0.25, -0.2) is 0 Å². The Kier molecular flexibility index (Phi) is 3.31. The van der Waals surface area contributed by atoms with Crippen molar-refractivity contribution >= 4 is 16.5 Å². The minimum absolute atomic E-state index is 0.844. The molecule has 1 saturated heterocycles. The second-order valence-electron chi connectivity index (χ2n) is 3.70. The largest absolute Gasteiger partial charge is 0.360 e. The van der Waals surface area contributed by atoms with Crippen molar-refractivity contribution in [2.75, 3.05) is 25.0 Å². The van der Waals surface area contributed by atoms with Gasteiger partial charge in [0.1, 0.15) is 5.01 Å². The zero-order valence-electron chi connectivity index (χ0n) is 8.42. The molecule has 0 amide bonds. The lowest BCUT2D eigenvalue weighted by Crippen LogP contribution is -2.12. The highest BCUT2D eigenvalue weighted by atomic mass is 32.1. The summed E-state index contributed by atoms with van der Waals surface area (Å²) in [5, 5.41) is 16.6. The Morgan fingerprint density at radius 2 is 2.50 bits per heavy atom. The average Bonchev–Trinajstić information content (AvgIpc) is 2.77. The van der Waals surface area contributed by atoms with Gasteiger partial charge in [-0.2, -0.15) is 0 Å². The number of hydrogen-bond acceptors (Lipinski definition) is 5. The van der Waals surface area contributed by atoms with Gasteiger partial charge in [0.05, 0.1) is 0 Å². The smallest absolute Gasteiger partial charge is 0.205 e. The molecule has 14 heavy (non-hydrogen) atoms. The molecule has 1 aromatic heterocycles. The third-order valence-corrected chi connectivity index (χ3v) is 3.31. The van der Waals surface area contributed by atoms with Crippen LogP contribution in [0.15, 0.2) is 0 Å². The first-order valence-corrected chi connectivity index (χ1v) is 5.91. The van der Waals surface area contributed by atoms with Gasteiger partial charge in [0.15, 0.2) is 0 Å². The van der Waals surface area contributed by atoms with Gasteiger partial charge in [-0.15, -0.1) is 10.2 Å². The van der Waals surface area contributed by atoms with E-state index >= 15 is 0 Å². The van der Waals surface area contributed by atoms with Crippen LogP contribution in [0.5, 0.6) is 0 Å². The number of aryl methyl sites for hydroxylation is 1. The average molecular weight is 212 g/mol. The predicted molar refractivity (Wildman–Crippen MR) is 58.7 cm³/mol. The fraction of sp³-hybridized carbons (Fsp3) is 0.778. The molecular weight excluding hydrogens is 196 g/mol. The van der Waals surface area contributed by atoms with Crippen molar-refractivity contribution < 1.29 is 0 Å². The summed E-state index contributed by atoms with van der Waals surface area (Å²) in [7, 11) is 0. The lowest BCUT2D eigenvalue weighted by Gasteiger charge is -2.07. The van der Waals surface area contributed by atoms with Crippen LogP contribution in [0.1, 0.15) is 17.8 Å². The third kappa shape index (κ3) is 2.65. The summed E-state index contributed by atoms with van der Waals surface area (Å²) in [6, 6.07) is 0. The molecule has 1 fully saturated rings. The number of hydrogen-bond donors (Lipinski definition) is 2. The van der Waals surface area contributed by atoms with Crippen LogP contribution in [0.2, 0.25) is 0 Å². The maximum Gasteiger partial charge on any atom is 0.205 e. The molecule has 78 valence electrons. The molecule has 1 aliphatic rings. The molecule has 2 rings (SSSR count). The van der Waals surface area contributed by atoms with E-state index in [0.29, 0.717) is 0 Å². The summed E-state index contributed by atoms with van der Waals surface area (Å²) < 4.78 is 0. The predicted octanol–water partition coefficient (Wildman–Crippen LogP) is 1.26. The molecule has 2 heterocycles. The van der Waals surface area contributed by atoms with Crippen molar-refractivity contribution in [1.82, 2.24) is 15.5 Å². The minimum Gasteiger partial charge on any atom is -0.360 e. The zero-order valence-corrected chi connectivity index (χ0v) is 9.23. The fourth-order valence-electron chi connectivity index (χ4n) is 1.71. The van der Waals surface area contributed by atoms with Crippen molar-refractivity contribution in [3.63, 3.8) is 0 Å².